The number of rotatable bonds is 5. The fourth-order valence-corrected chi connectivity index (χ4v) is 3.35. The summed E-state index contributed by atoms with van der Waals surface area (Å²) in [6.45, 7) is 0. The molecule has 1 heterocycles. The molecule has 0 aliphatic rings. The van der Waals surface area contributed by atoms with Gasteiger partial charge in [-0.25, -0.2) is 9.97 Å². The zero-order valence-electron chi connectivity index (χ0n) is 13.0. The highest BCUT2D eigenvalue weighted by molar-refractivity contribution is 7.99. The second kappa shape index (κ2) is 7.62. The number of aromatic nitrogens is 2. The molecule has 0 unspecified atom stereocenters. The fourth-order valence-electron chi connectivity index (χ4n) is 2.38. The Hall–Kier alpha value is -2.84. The summed E-state index contributed by atoms with van der Waals surface area (Å²) < 4.78 is 0. The lowest BCUT2D eigenvalue weighted by Crippen LogP contribution is -2.03. The average Bonchev–Trinajstić information content (AvgIpc) is 2.63. The summed E-state index contributed by atoms with van der Waals surface area (Å²) in [5, 5.41) is 10.2. The maximum atomic E-state index is 9.58. The van der Waals surface area contributed by atoms with Gasteiger partial charge in [0.2, 0.25) is 5.95 Å². The molecular weight excluding hydrogens is 316 g/mol. The van der Waals surface area contributed by atoms with Crippen molar-refractivity contribution in [2.24, 2.45) is 0 Å². The number of hydrogen-bond acceptors (Lipinski definition) is 5. The van der Waals surface area contributed by atoms with Crippen molar-refractivity contribution in [2.75, 3.05) is 11.5 Å². The van der Waals surface area contributed by atoms with Crippen molar-refractivity contribution in [3.8, 4) is 17.3 Å². The molecular formula is C19H16N4S. The minimum absolute atomic E-state index is 0.190. The van der Waals surface area contributed by atoms with Crippen LogP contribution in [0.2, 0.25) is 0 Å². The van der Waals surface area contributed by atoms with Gasteiger partial charge in [-0.15, -0.1) is 11.8 Å². The van der Waals surface area contributed by atoms with E-state index in [0.717, 1.165) is 17.7 Å². The number of nitriles is 1. The van der Waals surface area contributed by atoms with Crippen LogP contribution in [0.25, 0.3) is 11.3 Å². The second-order valence-corrected chi connectivity index (χ2v) is 6.26. The summed E-state index contributed by atoms with van der Waals surface area (Å²) in [6, 6.07) is 22.1. The first kappa shape index (κ1) is 16.0. The highest BCUT2D eigenvalue weighted by Crippen LogP contribution is 2.29. The molecule has 24 heavy (non-hydrogen) atoms. The Morgan fingerprint density at radius 1 is 0.958 bits per heavy atom. The van der Waals surface area contributed by atoms with Crippen LogP contribution in [0.3, 0.4) is 0 Å². The maximum absolute atomic E-state index is 9.58. The van der Waals surface area contributed by atoms with Gasteiger partial charge in [0.25, 0.3) is 0 Å². The van der Waals surface area contributed by atoms with Crippen LogP contribution in [0.4, 0.5) is 5.95 Å². The van der Waals surface area contributed by atoms with Gasteiger partial charge < -0.3 is 5.73 Å². The number of hydrogen-bond donors (Lipinski definition) is 1. The molecule has 3 rings (SSSR count). The molecule has 0 saturated carbocycles. The van der Waals surface area contributed by atoms with E-state index in [1.165, 1.54) is 17.3 Å². The predicted molar refractivity (Wildman–Crippen MR) is 97.5 cm³/mol. The Morgan fingerprint density at radius 2 is 1.62 bits per heavy atom. The Labute approximate surface area is 145 Å². The van der Waals surface area contributed by atoms with Crippen LogP contribution >= 0.6 is 11.8 Å². The van der Waals surface area contributed by atoms with E-state index in [1.54, 1.807) is 0 Å². The lowest BCUT2D eigenvalue weighted by Gasteiger charge is -2.09. The van der Waals surface area contributed by atoms with E-state index < -0.39 is 0 Å². The standard InChI is InChI=1S/C19H16N4S/c20-13-16-17(15-9-5-2-6-10-15)22-19(21)23-18(16)24-12-11-14-7-3-1-4-8-14/h1-10H,11-12H2,(H2,21,22,23). The molecule has 1 aromatic heterocycles. The molecule has 3 aromatic rings. The summed E-state index contributed by atoms with van der Waals surface area (Å²) in [5.41, 5.74) is 9.06. The second-order valence-electron chi connectivity index (χ2n) is 5.17. The number of benzene rings is 2. The first-order valence-electron chi connectivity index (χ1n) is 7.57. The third kappa shape index (κ3) is 3.73. The van der Waals surface area contributed by atoms with E-state index in [1.807, 2.05) is 48.5 Å². The Bertz CT molecular complexity index is 858. The van der Waals surface area contributed by atoms with Crippen molar-refractivity contribution >= 4 is 17.7 Å². The van der Waals surface area contributed by atoms with Crippen molar-refractivity contribution in [3.05, 3.63) is 71.8 Å². The van der Waals surface area contributed by atoms with Gasteiger partial charge in [-0.2, -0.15) is 5.26 Å². The highest BCUT2D eigenvalue weighted by atomic mass is 32.2. The van der Waals surface area contributed by atoms with Crippen LogP contribution in [-0.4, -0.2) is 15.7 Å². The number of nitrogen functional groups attached to an aromatic ring is 1. The number of thioether (sulfide) groups is 1. The van der Waals surface area contributed by atoms with Crippen molar-refractivity contribution in [1.29, 1.82) is 5.26 Å². The van der Waals surface area contributed by atoms with Gasteiger partial charge in [-0.05, 0) is 12.0 Å². The predicted octanol–water partition coefficient (Wildman–Crippen LogP) is 3.93. The Balaban J connectivity index is 1.85. The molecule has 0 bridgehead atoms. The molecule has 0 aliphatic heterocycles. The van der Waals surface area contributed by atoms with E-state index >= 15 is 0 Å². The van der Waals surface area contributed by atoms with E-state index in [2.05, 4.69) is 28.2 Å². The molecule has 118 valence electrons. The summed E-state index contributed by atoms with van der Waals surface area (Å²) in [7, 11) is 0. The van der Waals surface area contributed by atoms with Crippen LogP contribution in [0.1, 0.15) is 11.1 Å². The van der Waals surface area contributed by atoms with Gasteiger partial charge >= 0.3 is 0 Å². The zero-order valence-corrected chi connectivity index (χ0v) is 13.8. The molecule has 0 fully saturated rings. The molecule has 5 heteroatoms. The zero-order chi connectivity index (χ0) is 16.8. The van der Waals surface area contributed by atoms with Crippen LogP contribution in [0.15, 0.2) is 65.7 Å². The quantitative estimate of drug-likeness (QED) is 0.566. The first-order valence-corrected chi connectivity index (χ1v) is 8.56. The maximum Gasteiger partial charge on any atom is 0.221 e. The molecule has 0 atom stereocenters. The van der Waals surface area contributed by atoms with Crippen LogP contribution in [0.5, 0.6) is 0 Å². The SMILES string of the molecule is N#Cc1c(SCCc2ccccc2)nc(N)nc1-c1ccccc1. The number of nitrogens with zero attached hydrogens (tertiary/aromatic N) is 3. The summed E-state index contributed by atoms with van der Waals surface area (Å²) in [6.07, 6.45) is 0.904. The Morgan fingerprint density at radius 3 is 2.29 bits per heavy atom. The summed E-state index contributed by atoms with van der Waals surface area (Å²) in [5.74, 6) is 1.01. The van der Waals surface area contributed by atoms with E-state index in [0.29, 0.717) is 16.3 Å². The third-order valence-corrected chi connectivity index (χ3v) is 4.50. The van der Waals surface area contributed by atoms with Crippen molar-refractivity contribution in [1.82, 2.24) is 9.97 Å². The van der Waals surface area contributed by atoms with Crippen LogP contribution in [0, 0.1) is 11.3 Å². The molecule has 0 amide bonds. The molecule has 0 radical (unpaired) electrons. The fraction of sp³-hybridized carbons (Fsp3) is 0.105. The normalized spacial score (nSPS) is 10.3. The molecule has 0 aliphatic carbocycles. The Kier molecular flexibility index (Phi) is 5.09. The largest absolute Gasteiger partial charge is 0.368 e. The van der Waals surface area contributed by atoms with Crippen LogP contribution < -0.4 is 5.73 Å². The van der Waals surface area contributed by atoms with Gasteiger partial charge in [-0.3, -0.25) is 0 Å². The number of aryl methyl sites for hydroxylation is 1. The lowest BCUT2D eigenvalue weighted by atomic mass is 10.1. The van der Waals surface area contributed by atoms with Crippen molar-refractivity contribution in [3.63, 3.8) is 0 Å². The van der Waals surface area contributed by atoms with Crippen molar-refractivity contribution in [2.45, 2.75) is 11.4 Å². The highest BCUT2D eigenvalue weighted by Gasteiger charge is 2.15. The first-order chi connectivity index (χ1) is 11.8. The topological polar surface area (TPSA) is 75.6 Å². The third-order valence-electron chi connectivity index (χ3n) is 3.52. The van der Waals surface area contributed by atoms with Gasteiger partial charge in [0.05, 0.1) is 5.69 Å². The molecule has 2 aromatic carbocycles. The van der Waals surface area contributed by atoms with Gasteiger partial charge in [-0.1, -0.05) is 60.7 Å². The van der Waals surface area contributed by atoms with Gasteiger partial charge in [0.15, 0.2) is 0 Å². The van der Waals surface area contributed by atoms with E-state index in [-0.39, 0.29) is 5.95 Å². The van der Waals surface area contributed by atoms with E-state index in [4.69, 9.17) is 5.73 Å². The number of anilines is 1. The smallest absolute Gasteiger partial charge is 0.221 e. The van der Waals surface area contributed by atoms with Crippen LogP contribution in [-0.2, 0) is 6.42 Å². The average molecular weight is 332 g/mol. The minimum atomic E-state index is 0.190. The molecule has 0 spiro atoms. The number of nitrogens with two attached hydrogens (primary N) is 1. The van der Waals surface area contributed by atoms with Gasteiger partial charge in [0.1, 0.15) is 16.7 Å². The van der Waals surface area contributed by atoms with E-state index in [9.17, 15) is 5.26 Å². The molecule has 4 nitrogen and oxygen atoms in total. The monoisotopic (exact) mass is 332 g/mol. The molecule has 2 N–H and O–H groups in total. The van der Waals surface area contributed by atoms with Crippen molar-refractivity contribution < 1.29 is 0 Å². The van der Waals surface area contributed by atoms with Gasteiger partial charge in [0, 0.05) is 11.3 Å². The lowest BCUT2D eigenvalue weighted by molar-refractivity contribution is 1.04. The minimum Gasteiger partial charge on any atom is -0.368 e. The summed E-state index contributed by atoms with van der Waals surface area (Å²) in [4.78, 5) is 8.54. The molecule has 0 saturated heterocycles. The summed E-state index contributed by atoms with van der Waals surface area (Å²) >= 11 is 1.54.